The van der Waals surface area contributed by atoms with Crippen molar-refractivity contribution in [2.75, 3.05) is 0 Å². The van der Waals surface area contributed by atoms with Crippen molar-refractivity contribution in [3.8, 4) is 11.3 Å². The monoisotopic (exact) mass is 262 g/mol. The Hall–Kier alpha value is -2.02. The molecule has 100 valence electrons. The lowest BCUT2D eigenvalue weighted by Gasteiger charge is -2.05. The number of aryl methyl sites for hydroxylation is 4. The molecule has 0 unspecified atom stereocenters. The van der Waals surface area contributed by atoms with E-state index in [1.807, 2.05) is 0 Å². The van der Waals surface area contributed by atoms with E-state index in [0.717, 1.165) is 24.2 Å². The predicted molar refractivity (Wildman–Crippen MR) is 83.1 cm³/mol. The summed E-state index contributed by atoms with van der Waals surface area (Å²) in [6, 6.07) is 13.2. The average molecular weight is 262 g/mol. The minimum absolute atomic E-state index is 1.02. The zero-order valence-electron chi connectivity index (χ0n) is 12.0. The van der Waals surface area contributed by atoms with Crippen LogP contribution in [0.2, 0.25) is 0 Å². The molecule has 0 N–H and O–H groups in total. The molecule has 0 radical (unpaired) electrons. The van der Waals surface area contributed by atoms with Crippen LogP contribution in [0.1, 0.15) is 28.7 Å². The molecule has 0 aliphatic heterocycles. The zero-order valence-corrected chi connectivity index (χ0v) is 12.0. The molecule has 0 amide bonds. The van der Waals surface area contributed by atoms with Gasteiger partial charge in [-0.2, -0.15) is 0 Å². The Morgan fingerprint density at radius 3 is 2.60 bits per heavy atom. The van der Waals surface area contributed by atoms with Gasteiger partial charge in [0.05, 0.1) is 0 Å². The molecule has 0 saturated heterocycles. The summed E-state index contributed by atoms with van der Waals surface area (Å²) in [7, 11) is 0. The highest BCUT2D eigenvalue weighted by molar-refractivity contribution is 5.89. The summed E-state index contributed by atoms with van der Waals surface area (Å²) in [5, 5.41) is 1.30. The van der Waals surface area contributed by atoms with E-state index in [0.29, 0.717) is 0 Å². The van der Waals surface area contributed by atoms with Crippen molar-refractivity contribution in [2.24, 2.45) is 0 Å². The van der Waals surface area contributed by atoms with Crippen LogP contribution in [0.15, 0.2) is 40.8 Å². The molecule has 0 atom stereocenters. The smallest absolute Gasteiger partial charge is 0.138 e. The second-order valence-corrected chi connectivity index (χ2v) is 5.92. The van der Waals surface area contributed by atoms with Crippen molar-refractivity contribution in [3.05, 3.63) is 58.7 Å². The van der Waals surface area contributed by atoms with Gasteiger partial charge in [0.2, 0.25) is 0 Å². The van der Waals surface area contributed by atoms with Gasteiger partial charge in [0.25, 0.3) is 0 Å². The highest BCUT2D eigenvalue weighted by atomic mass is 16.3. The van der Waals surface area contributed by atoms with Crippen molar-refractivity contribution in [3.63, 3.8) is 0 Å². The maximum Gasteiger partial charge on any atom is 0.138 e. The third kappa shape index (κ3) is 1.70. The second-order valence-electron chi connectivity index (χ2n) is 5.92. The predicted octanol–water partition coefficient (Wildman–Crippen LogP) is 5.21. The molecule has 0 fully saturated rings. The fourth-order valence-electron chi connectivity index (χ4n) is 3.33. The molecule has 1 nitrogen and oxygen atoms in total. The van der Waals surface area contributed by atoms with Gasteiger partial charge >= 0.3 is 0 Å². The highest BCUT2D eigenvalue weighted by Crippen LogP contribution is 2.39. The normalized spacial score (nSPS) is 13.9. The van der Waals surface area contributed by atoms with Gasteiger partial charge in [0.15, 0.2) is 0 Å². The molecule has 0 bridgehead atoms. The van der Waals surface area contributed by atoms with Crippen molar-refractivity contribution < 1.29 is 4.42 Å². The summed E-state index contributed by atoms with van der Waals surface area (Å²) >= 11 is 0. The van der Waals surface area contributed by atoms with E-state index in [2.05, 4.69) is 50.2 Å². The molecule has 3 aromatic rings. The summed E-state index contributed by atoms with van der Waals surface area (Å²) in [5.74, 6) is 1.10. The molecule has 2 aromatic carbocycles. The lowest BCUT2D eigenvalue weighted by Crippen LogP contribution is -1.88. The first-order valence-corrected chi connectivity index (χ1v) is 7.34. The molecular weight excluding hydrogens is 244 g/mol. The fraction of sp³-hybridized carbons (Fsp3) is 0.263. The molecule has 4 rings (SSSR count). The van der Waals surface area contributed by atoms with E-state index in [4.69, 9.17) is 4.42 Å². The number of furan rings is 1. The van der Waals surface area contributed by atoms with Crippen LogP contribution in [-0.4, -0.2) is 0 Å². The molecular formula is C19H18O. The van der Waals surface area contributed by atoms with E-state index in [1.165, 1.54) is 39.6 Å². The Balaban J connectivity index is 2.05. The van der Waals surface area contributed by atoms with Gasteiger partial charge in [0.1, 0.15) is 11.3 Å². The number of hydrogen-bond acceptors (Lipinski definition) is 1. The molecule has 1 aromatic heterocycles. The van der Waals surface area contributed by atoms with Crippen LogP contribution < -0.4 is 0 Å². The van der Waals surface area contributed by atoms with E-state index in [-0.39, 0.29) is 0 Å². The van der Waals surface area contributed by atoms with Gasteiger partial charge in [-0.25, -0.2) is 0 Å². The highest BCUT2D eigenvalue weighted by Gasteiger charge is 2.21. The number of fused-ring (bicyclic) bond motifs is 5. The lowest BCUT2D eigenvalue weighted by molar-refractivity contribution is 0.627. The Morgan fingerprint density at radius 2 is 1.70 bits per heavy atom. The lowest BCUT2D eigenvalue weighted by atomic mass is 10.00. The standard InChI is InChI=1S/C19H18O/c1-12-6-8-15-14(10-12)4-3-5-16-17-11-13(2)7-9-18(17)20-19(15)16/h6-11H,3-5H2,1-2H3. The Bertz CT molecular complexity index is 808. The van der Waals surface area contributed by atoms with E-state index < -0.39 is 0 Å². The van der Waals surface area contributed by atoms with E-state index in [9.17, 15) is 0 Å². The minimum Gasteiger partial charge on any atom is -0.456 e. The van der Waals surface area contributed by atoms with Crippen LogP contribution in [0, 0.1) is 13.8 Å². The first kappa shape index (κ1) is 11.8. The Labute approximate surface area is 119 Å². The van der Waals surface area contributed by atoms with Crippen LogP contribution in [0.3, 0.4) is 0 Å². The van der Waals surface area contributed by atoms with Gasteiger partial charge in [-0.3, -0.25) is 0 Å². The summed E-state index contributed by atoms with van der Waals surface area (Å²) in [4.78, 5) is 0. The van der Waals surface area contributed by atoms with Crippen LogP contribution in [0.5, 0.6) is 0 Å². The van der Waals surface area contributed by atoms with Gasteiger partial charge in [-0.15, -0.1) is 0 Å². The molecule has 0 saturated carbocycles. The summed E-state index contributed by atoms with van der Waals surface area (Å²) in [6.07, 6.45) is 3.46. The summed E-state index contributed by atoms with van der Waals surface area (Å²) < 4.78 is 6.19. The van der Waals surface area contributed by atoms with Crippen molar-refractivity contribution in [1.82, 2.24) is 0 Å². The Morgan fingerprint density at radius 1 is 0.900 bits per heavy atom. The molecule has 1 aliphatic rings. The maximum absolute atomic E-state index is 6.19. The van der Waals surface area contributed by atoms with Crippen molar-refractivity contribution in [2.45, 2.75) is 33.1 Å². The first-order valence-electron chi connectivity index (χ1n) is 7.34. The molecule has 1 heterocycles. The maximum atomic E-state index is 6.19. The average Bonchev–Trinajstić information content (AvgIpc) is 2.68. The second kappa shape index (κ2) is 4.24. The number of benzene rings is 2. The number of hydrogen-bond donors (Lipinski definition) is 0. The van der Waals surface area contributed by atoms with E-state index >= 15 is 0 Å². The third-order valence-electron chi connectivity index (χ3n) is 4.32. The van der Waals surface area contributed by atoms with Crippen LogP contribution in [-0.2, 0) is 12.8 Å². The quantitative estimate of drug-likeness (QED) is 0.542. The van der Waals surface area contributed by atoms with Crippen LogP contribution in [0.25, 0.3) is 22.3 Å². The molecule has 20 heavy (non-hydrogen) atoms. The summed E-state index contributed by atoms with van der Waals surface area (Å²) in [6.45, 7) is 4.31. The zero-order chi connectivity index (χ0) is 13.7. The van der Waals surface area contributed by atoms with Gasteiger partial charge in [-0.05, 0) is 50.8 Å². The largest absolute Gasteiger partial charge is 0.456 e. The molecule has 0 spiro atoms. The molecule has 1 aliphatic carbocycles. The third-order valence-corrected chi connectivity index (χ3v) is 4.32. The van der Waals surface area contributed by atoms with Crippen molar-refractivity contribution >= 4 is 11.0 Å². The SMILES string of the molecule is Cc1ccc2c(c1)CCCc1c-2oc2ccc(C)cc12. The van der Waals surface area contributed by atoms with E-state index in [1.54, 1.807) is 0 Å². The van der Waals surface area contributed by atoms with Crippen LogP contribution in [0.4, 0.5) is 0 Å². The van der Waals surface area contributed by atoms with Crippen LogP contribution >= 0.6 is 0 Å². The van der Waals surface area contributed by atoms with Crippen molar-refractivity contribution in [1.29, 1.82) is 0 Å². The van der Waals surface area contributed by atoms with Gasteiger partial charge in [-0.1, -0.05) is 35.4 Å². The molecule has 1 heteroatoms. The Kier molecular flexibility index (Phi) is 2.50. The number of rotatable bonds is 0. The minimum atomic E-state index is 1.02. The topological polar surface area (TPSA) is 13.1 Å². The fourth-order valence-corrected chi connectivity index (χ4v) is 3.33. The van der Waals surface area contributed by atoms with Gasteiger partial charge in [0, 0.05) is 16.5 Å². The summed E-state index contributed by atoms with van der Waals surface area (Å²) in [5.41, 5.74) is 7.77. The van der Waals surface area contributed by atoms with Gasteiger partial charge < -0.3 is 4.42 Å². The first-order chi connectivity index (χ1) is 9.72.